The van der Waals surface area contributed by atoms with Crippen LogP contribution >= 0.6 is 0 Å². The molecule has 1 saturated heterocycles. The summed E-state index contributed by atoms with van der Waals surface area (Å²) in [6.07, 6.45) is 1.98. The van der Waals surface area contributed by atoms with E-state index in [9.17, 15) is 5.11 Å². The van der Waals surface area contributed by atoms with Gasteiger partial charge in [-0.3, -0.25) is 4.98 Å². The highest BCUT2D eigenvalue weighted by molar-refractivity contribution is 5.49. The molecule has 0 aliphatic carbocycles. The zero-order valence-corrected chi connectivity index (χ0v) is 10.00. The van der Waals surface area contributed by atoms with Crippen molar-refractivity contribution in [3.05, 3.63) is 29.8 Å². The maximum absolute atomic E-state index is 9.46. The summed E-state index contributed by atoms with van der Waals surface area (Å²) >= 11 is 0. The number of nitrogens with one attached hydrogen (secondary N) is 1. The third-order valence-corrected chi connectivity index (χ3v) is 2.99. The summed E-state index contributed by atoms with van der Waals surface area (Å²) in [5, 5.41) is 16.5. The normalized spacial score (nSPS) is 23.4. The van der Waals surface area contributed by atoms with Crippen LogP contribution < -0.4 is 5.32 Å². The minimum Gasteiger partial charge on any atom is -0.392 e. The van der Waals surface area contributed by atoms with Gasteiger partial charge in [-0.15, -0.1) is 0 Å². The maximum atomic E-state index is 9.46. The Morgan fingerprint density at radius 1 is 1.50 bits per heavy atom. The van der Waals surface area contributed by atoms with Gasteiger partial charge in [0.1, 0.15) is 5.69 Å². The average Bonchev–Trinajstić information content (AvgIpc) is 2.97. The van der Waals surface area contributed by atoms with E-state index in [2.05, 4.69) is 20.4 Å². The molecule has 0 spiro atoms. The minimum atomic E-state index is -0.345. The summed E-state index contributed by atoms with van der Waals surface area (Å²) < 4.78 is 5.22. The highest BCUT2D eigenvalue weighted by Gasteiger charge is 2.28. The standard InChI is InChI=1S/C12H14N4O2/c1-7-2-3-13-9(4-7)11-15-12(18-16-11)10-5-8(17)6-14-10/h2-4,8,10,14,17H,5-6H2,1H3/t8?,10-/m0/s1. The Morgan fingerprint density at radius 2 is 2.39 bits per heavy atom. The summed E-state index contributed by atoms with van der Waals surface area (Å²) in [5.74, 6) is 0.988. The van der Waals surface area contributed by atoms with Crippen LogP contribution in [0.4, 0.5) is 0 Å². The molecule has 0 amide bonds. The van der Waals surface area contributed by atoms with E-state index >= 15 is 0 Å². The number of pyridine rings is 1. The van der Waals surface area contributed by atoms with Crippen LogP contribution in [-0.2, 0) is 0 Å². The highest BCUT2D eigenvalue weighted by Crippen LogP contribution is 2.24. The predicted octanol–water partition coefficient (Wildman–Crippen LogP) is 0.835. The van der Waals surface area contributed by atoms with Crippen LogP contribution in [0.3, 0.4) is 0 Å². The molecule has 3 rings (SSSR count). The van der Waals surface area contributed by atoms with E-state index < -0.39 is 0 Å². The van der Waals surface area contributed by atoms with Crippen molar-refractivity contribution in [2.45, 2.75) is 25.5 Å². The van der Waals surface area contributed by atoms with Crippen LogP contribution in [0, 0.1) is 6.92 Å². The van der Waals surface area contributed by atoms with Gasteiger partial charge in [0.25, 0.3) is 0 Å². The molecule has 0 saturated carbocycles. The first kappa shape index (κ1) is 11.3. The van der Waals surface area contributed by atoms with Gasteiger partial charge >= 0.3 is 0 Å². The Hall–Kier alpha value is -1.79. The van der Waals surface area contributed by atoms with Crippen LogP contribution in [0.1, 0.15) is 23.9 Å². The second-order valence-corrected chi connectivity index (χ2v) is 4.53. The number of hydrogen-bond donors (Lipinski definition) is 2. The predicted molar refractivity (Wildman–Crippen MR) is 63.6 cm³/mol. The highest BCUT2D eigenvalue weighted by atomic mass is 16.5. The summed E-state index contributed by atoms with van der Waals surface area (Å²) in [5.41, 5.74) is 1.80. The number of hydrogen-bond acceptors (Lipinski definition) is 6. The van der Waals surface area contributed by atoms with Crippen LogP contribution in [0.25, 0.3) is 11.5 Å². The summed E-state index contributed by atoms with van der Waals surface area (Å²) in [7, 11) is 0. The Kier molecular flexibility index (Phi) is 2.81. The van der Waals surface area contributed by atoms with E-state index in [1.807, 2.05) is 19.1 Å². The number of nitrogens with zero attached hydrogens (tertiary/aromatic N) is 3. The van der Waals surface area contributed by atoms with Gasteiger partial charge in [0, 0.05) is 12.7 Å². The van der Waals surface area contributed by atoms with Crippen LogP contribution in [-0.4, -0.2) is 32.9 Å². The monoisotopic (exact) mass is 246 g/mol. The molecule has 2 N–H and O–H groups in total. The first-order chi connectivity index (χ1) is 8.72. The van der Waals surface area contributed by atoms with Gasteiger partial charge in [0.2, 0.25) is 11.7 Å². The first-order valence-electron chi connectivity index (χ1n) is 5.90. The summed E-state index contributed by atoms with van der Waals surface area (Å²) in [4.78, 5) is 8.53. The number of β-amino-alcohol motifs (C(OH)–C–C–N with tert-alkyl or cyclic N) is 1. The fourth-order valence-corrected chi connectivity index (χ4v) is 2.04. The molecular weight excluding hydrogens is 232 g/mol. The van der Waals surface area contributed by atoms with Crippen molar-refractivity contribution in [2.24, 2.45) is 0 Å². The lowest BCUT2D eigenvalue weighted by atomic mass is 10.2. The molecule has 18 heavy (non-hydrogen) atoms. The Labute approximate surface area is 104 Å². The number of aliphatic hydroxyl groups excluding tert-OH is 1. The van der Waals surface area contributed by atoms with Crippen molar-refractivity contribution in [3.63, 3.8) is 0 Å². The van der Waals surface area contributed by atoms with Gasteiger partial charge < -0.3 is 14.9 Å². The van der Waals surface area contributed by atoms with Crippen molar-refractivity contribution in [3.8, 4) is 11.5 Å². The summed E-state index contributed by atoms with van der Waals surface area (Å²) in [6.45, 7) is 2.55. The lowest BCUT2D eigenvalue weighted by molar-refractivity contribution is 0.191. The van der Waals surface area contributed by atoms with Crippen molar-refractivity contribution in [1.29, 1.82) is 0 Å². The Balaban J connectivity index is 1.85. The molecule has 3 heterocycles. The van der Waals surface area contributed by atoms with E-state index in [1.165, 1.54) is 0 Å². The van der Waals surface area contributed by atoms with Crippen molar-refractivity contribution >= 4 is 0 Å². The van der Waals surface area contributed by atoms with Gasteiger partial charge in [-0.25, -0.2) is 0 Å². The van der Waals surface area contributed by atoms with E-state index in [0.29, 0.717) is 30.4 Å². The van der Waals surface area contributed by atoms with Crippen LogP contribution in [0.15, 0.2) is 22.9 Å². The minimum absolute atomic E-state index is 0.0638. The number of aliphatic hydroxyl groups is 1. The average molecular weight is 246 g/mol. The molecule has 2 atom stereocenters. The number of aryl methyl sites for hydroxylation is 1. The van der Waals surface area contributed by atoms with Gasteiger partial charge in [0.15, 0.2) is 0 Å². The smallest absolute Gasteiger partial charge is 0.244 e. The SMILES string of the molecule is Cc1ccnc(-c2noc([C@@H]3CC(O)CN3)n2)c1. The molecule has 6 heteroatoms. The molecule has 0 bridgehead atoms. The fraction of sp³-hybridized carbons (Fsp3) is 0.417. The first-order valence-corrected chi connectivity index (χ1v) is 5.90. The van der Waals surface area contributed by atoms with Crippen molar-refractivity contribution in [1.82, 2.24) is 20.4 Å². The second kappa shape index (κ2) is 4.47. The molecule has 0 radical (unpaired) electrons. The molecule has 6 nitrogen and oxygen atoms in total. The maximum Gasteiger partial charge on any atom is 0.244 e. The zero-order chi connectivity index (χ0) is 12.5. The number of aromatic nitrogens is 3. The Morgan fingerprint density at radius 3 is 3.11 bits per heavy atom. The van der Waals surface area contributed by atoms with E-state index in [0.717, 1.165) is 5.56 Å². The van der Waals surface area contributed by atoms with Gasteiger partial charge in [-0.05, 0) is 31.0 Å². The van der Waals surface area contributed by atoms with Crippen molar-refractivity contribution < 1.29 is 9.63 Å². The topological polar surface area (TPSA) is 84.1 Å². The molecule has 1 aliphatic rings. The summed E-state index contributed by atoms with van der Waals surface area (Å²) in [6, 6.07) is 3.76. The van der Waals surface area contributed by atoms with Gasteiger partial charge in [-0.1, -0.05) is 5.16 Å². The lowest BCUT2D eigenvalue weighted by Crippen LogP contribution is -2.15. The van der Waals surface area contributed by atoms with E-state index in [1.54, 1.807) is 6.20 Å². The van der Waals surface area contributed by atoms with Gasteiger partial charge in [0.05, 0.1) is 12.1 Å². The third kappa shape index (κ3) is 2.12. The van der Waals surface area contributed by atoms with Crippen molar-refractivity contribution in [2.75, 3.05) is 6.54 Å². The molecule has 0 aromatic carbocycles. The molecule has 1 fully saturated rings. The van der Waals surface area contributed by atoms with E-state index in [4.69, 9.17) is 4.52 Å². The fourth-order valence-electron chi connectivity index (χ4n) is 2.04. The number of rotatable bonds is 2. The van der Waals surface area contributed by atoms with Crippen LogP contribution in [0.5, 0.6) is 0 Å². The molecule has 1 aliphatic heterocycles. The second-order valence-electron chi connectivity index (χ2n) is 4.53. The van der Waals surface area contributed by atoms with Crippen LogP contribution in [0.2, 0.25) is 0 Å². The van der Waals surface area contributed by atoms with E-state index in [-0.39, 0.29) is 12.1 Å². The molecule has 2 aromatic rings. The molecule has 1 unspecified atom stereocenters. The quantitative estimate of drug-likeness (QED) is 0.816. The molecule has 2 aromatic heterocycles. The molecular formula is C12H14N4O2. The largest absolute Gasteiger partial charge is 0.392 e. The zero-order valence-electron chi connectivity index (χ0n) is 10.00. The van der Waals surface area contributed by atoms with Gasteiger partial charge in [-0.2, -0.15) is 4.98 Å². The third-order valence-electron chi connectivity index (χ3n) is 2.99. The lowest BCUT2D eigenvalue weighted by Gasteiger charge is -2.01. The molecule has 94 valence electrons. The Bertz CT molecular complexity index is 555.